The molecule has 1 unspecified atom stereocenters. The Morgan fingerprint density at radius 1 is 1.29 bits per heavy atom. The lowest BCUT2D eigenvalue weighted by Gasteiger charge is -2.30. The number of carbonyl (C=O) groups excluding carboxylic acids is 1. The van der Waals surface area contributed by atoms with Gasteiger partial charge in [0, 0.05) is 5.92 Å². The largest absolute Gasteiger partial charge is 0.480 e. The SMILES string of the molecule is CCC(C)(NC(=O)C1CCC(C)CC1)C(=O)O. The van der Waals surface area contributed by atoms with Crippen molar-refractivity contribution in [3.8, 4) is 0 Å². The molecule has 17 heavy (non-hydrogen) atoms. The molecule has 0 aromatic rings. The minimum absolute atomic E-state index is 0.00331. The van der Waals surface area contributed by atoms with Crippen LogP contribution in [0, 0.1) is 11.8 Å². The maximum absolute atomic E-state index is 12.0. The van der Waals surface area contributed by atoms with Gasteiger partial charge in [0.25, 0.3) is 0 Å². The third kappa shape index (κ3) is 3.45. The van der Waals surface area contributed by atoms with Gasteiger partial charge in [0.1, 0.15) is 5.54 Å². The molecule has 1 amide bonds. The Morgan fingerprint density at radius 2 is 1.82 bits per heavy atom. The first kappa shape index (κ1) is 14.0. The van der Waals surface area contributed by atoms with Gasteiger partial charge in [-0.1, -0.05) is 13.8 Å². The monoisotopic (exact) mass is 241 g/mol. The number of amides is 1. The van der Waals surface area contributed by atoms with Crippen LogP contribution in [0.1, 0.15) is 52.9 Å². The first-order valence-electron chi connectivity index (χ1n) is 6.44. The lowest BCUT2D eigenvalue weighted by molar-refractivity contribution is -0.148. The predicted molar refractivity (Wildman–Crippen MR) is 65.6 cm³/mol. The fraction of sp³-hybridized carbons (Fsp3) is 0.846. The van der Waals surface area contributed by atoms with E-state index in [1.54, 1.807) is 13.8 Å². The molecule has 0 saturated heterocycles. The van der Waals surface area contributed by atoms with Crippen LogP contribution in [0.15, 0.2) is 0 Å². The van der Waals surface area contributed by atoms with Crippen LogP contribution in [0.2, 0.25) is 0 Å². The number of rotatable bonds is 4. The van der Waals surface area contributed by atoms with Gasteiger partial charge < -0.3 is 10.4 Å². The fourth-order valence-corrected chi connectivity index (χ4v) is 2.19. The summed E-state index contributed by atoms with van der Waals surface area (Å²) in [5, 5.41) is 11.8. The third-order valence-electron chi connectivity index (χ3n) is 3.96. The summed E-state index contributed by atoms with van der Waals surface area (Å²) in [6, 6.07) is 0. The average Bonchev–Trinajstić information content (AvgIpc) is 2.29. The zero-order chi connectivity index (χ0) is 13.1. The molecule has 4 heteroatoms. The van der Waals surface area contributed by atoms with Crippen molar-refractivity contribution in [2.45, 2.75) is 58.4 Å². The smallest absolute Gasteiger partial charge is 0.329 e. The average molecular weight is 241 g/mol. The molecule has 98 valence electrons. The first-order chi connectivity index (χ1) is 7.89. The maximum Gasteiger partial charge on any atom is 0.329 e. The molecule has 1 aliphatic rings. The van der Waals surface area contributed by atoms with Crippen LogP contribution in [0.3, 0.4) is 0 Å². The molecule has 2 N–H and O–H groups in total. The molecule has 1 fully saturated rings. The summed E-state index contributed by atoms with van der Waals surface area (Å²) in [4.78, 5) is 23.1. The van der Waals surface area contributed by atoms with Gasteiger partial charge in [-0.2, -0.15) is 0 Å². The van der Waals surface area contributed by atoms with E-state index in [1.807, 2.05) is 0 Å². The van der Waals surface area contributed by atoms with E-state index in [0.29, 0.717) is 12.3 Å². The number of hydrogen-bond acceptors (Lipinski definition) is 2. The Hall–Kier alpha value is -1.06. The van der Waals surface area contributed by atoms with Gasteiger partial charge in [-0.25, -0.2) is 4.79 Å². The van der Waals surface area contributed by atoms with Crippen LogP contribution in [0.25, 0.3) is 0 Å². The molecule has 0 aromatic carbocycles. The van der Waals surface area contributed by atoms with Crippen LogP contribution in [0.5, 0.6) is 0 Å². The van der Waals surface area contributed by atoms with Gasteiger partial charge in [0.05, 0.1) is 0 Å². The fourth-order valence-electron chi connectivity index (χ4n) is 2.19. The minimum Gasteiger partial charge on any atom is -0.480 e. The molecule has 0 aliphatic heterocycles. The summed E-state index contributed by atoms with van der Waals surface area (Å²) in [6.45, 7) is 5.54. The van der Waals surface area contributed by atoms with Crippen LogP contribution < -0.4 is 5.32 Å². The normalized spacial score (nSPS) is 28.2. The van der Waals surface area contributed by atoms with E-state index in [1.165, 1.54) is 0 Å². The second-order valence-corrected chi connectivity index (χ2v) is 5.44. The summed E-state index contributed by atoms with van der Waals surface area (Å²) in [7, 11) is 0. The molecule has 1 aliphatic carbocycles. The van der Waals surface area contributed by atoms with Crippen molar-refractivity contribution in [3.05, 3.63) is 0 Å². The van der Waals surface area contributed by atoms with E-state index in [2.05, 4.69) is 12.2 Å². The van der Waals surface area contributed by atoms with Crippen molar-refractivity contribution in [3.63, 3.8) is 0 Å². The van der Waals surface area contributed by atoms with Crippen molar-refractivity contribution < 1.29 is 14.7 Å². The Kier molecular flexibility index (Phi) is 4.54. The lowest BCUT2D eigenvalue weighted by atomic mass is 9.82. The molecule has 0 radical (unpaired) electrons. The topological polar surface area (TPSA) is 66.4 Å². The summed E-state index contributed by atoms with van der Waals surface area (Å²) in [6.07, 6.45) is 4.29. The van der Waals surface area contributed by atoms with E-state index in [-0.39, 0.29) is 11.8 Å². The summed E-state index contributed by atoms with van der Waals surface area (Å²) in [5.74, 6) is -0.367. The Labute approximate surface area is 103 Å². The molecule has 4 nitrogen and oxygen atoms in total. The number of nitrogens with one attached hydrogen (secondary N) is 1. The Morgan fingerprint density at radius 3 is 2.24 bits per heavy atom. The summed E-state index contributed by atoms with van der Waals surface area (Å²) in [5.41, 5.74) is -1.12. The van der Waals surface area contributed by atoms with Crippen LogP contribution in [0.4, 0.5) is 0 Å². The molecule has 1 rings (SSSR count). The van der Waals surface area contributed by atoms with Crippen molar-refractivity contribution in [1.82, 2.24) is 5.32 Å². The highest BCUT2D eigenvalue weighted by molar-refractivity contribution is 5.87. The van der Waals surface area contributed by atoms with Gasteiger partial charge in [-0.05, 0) is 44.9 Å². The van der Waals surface area contributed by atoms with Gasteiger partial charge >= 0.3 is 5.97 Å². The molecule has 0 heterocycles. The molecule has 0 spiro atoms. The highest BCUT2D eigenvalue weighted by Gasteiger charge is 2.35. The Balaban J connectivity index is 2.56. The molecular formula is C13H23NO3. The van der Waals surface area contributed by atoms with Crippen molar-refractivity contribution in [2.75, 3.05) is 0 Å². The zero-order valence-corrected chi connectivity index (χ0v) is 11.0. The standard InChI is InChI=1S/C13H23NO3/c1-4-13(3,12(16)17)14-11(15)10-7-5-9(2)6-8-10/h9-10H,4-8H2,1-3H3,(H,14,15)(H,16,17). The highest BCUT2D eigenvalue weighted by Crippen LogP contribution is 2.28. The third-order valence-corrected chi connectivity index (χ3v) is 3.96. The number of hydrogen-bond donors (Lipinski definition) is 2. The van der Waals surface area contributed by atoms with Crippen LogP contribution >= 0.6 is 0 Å². The summed E-state index contributed by atoms with van der Waals surface area (Å²) >= 11 is 0. The van der Waals surface area contributed by atoms with E-state index in [0.717, 1.165) is 25.7 Å². The molecular weight excluding hydrogens is 218 g/mol. The van der Waals surface area contributed by atoms with Crippen molar-refractivity contribution in [2.24, 2.45) is 11.8 Å². The second kappa shape index (κ2) is 5.52. The van der Waals surface area contributed by atoms with Crippen molar-refractivity contribution in [1.29, 1.82) is 0 Å². The quantitative estimate of drug-likeness (QED) is 0.792. The molecule has 0 bridgehead atoms. The second-order valence-electron chi connectivity index (χ2n) is 5.44. The zero-order valence-electron chi connectivity index (χ0n) is 11.0. The number of carbonyl (C=O) groups is 2. The first-order valence-corrected chi connectivity index (χ1v) is 6.44. The lowest BCUT2D eigenvalue weighted by Crippen LogP contribution is -2.53. The van der Waals surface area contributed by atoms with E-state index in [9.17, 15) is 9.59 Å². The van der Waals surface area contributed by atoms with Gasteiger partial charge in [-0.15, -0.1) is 0 Å². The van der Waals surface area contributed by atoms with E-state index >= 15 is 0 Å². The predicted octanol–water partition coefficient (Wildman–Crippen LogP) is 2.18. The Bertz CT molecular complexity index is 295. The summed E-state index contributed by atoms with van der Waals surface area (Å²) < 4.78 is 0. The van der Waals surface area contributed by atoms with Crippen LogP contribution in [-0.2, 0) is 9.59 Å². The molecule has 1 saturated carbocycles. The van der Waals surface area contributed by atoms with Gasteiger partial charge in [-0.3, -0.25) is 4.79 Å². The van der Waals surface area contributed by atoms with Crippen molar-refractivity contribution >= 4 is 11.9 Å². The number of aliphatic carboxylic acids is 1. The highest BCUT2D eigenvalue weighted by atomic mass is 16.4. The van der Waals surface area contributed by atoms with Gasteiger partial charge in [0.15, 0.2) is 0 Å². The van der Waals surface area contributed by atoms with Gasteiger partial charge in [0.2, 0.25) is 5.91 Å². The van der Waals surface area contributed by atoms with E-state index in [4.69, 9.17) is 5.11 Å². The van der Waals surface area contributed by atoms with Crippen LogP contribution in [-0.4, -0.2) is 22.5 Å². The van der Waals surface area contributed by atoms with E-state index < -0.39 is 11.5 Å². The number of carboxylic acids is 1. The minimum atomic E-state index is -1.12. The number of carboxylic acid groups (broad SMARTS) is 1. The maximum atomic E-state index is 12.0. The molecule has 0 aromatic heterocycles. The molecule has 1 atom stereocenters.